The number of rotatable bonds is 12. The molecule has 36 heavy (non-hydrogen) atoms. The van der Waals surface area contributed by atoms with Crippen molar-refractivity contribution in [2.24, 2.45) is 11.8 Å². The van der Waals surface area contributed by atoms with Gasteiger partial charge in [-0.1, -0.05) is 87.6 Å². The van der Waals surface area contributed by atoms with E-state index < -0.39 is 0 Å². The first-order valence-electron chi connectivity index (χ1n) is 13.8. The summed E-state index contributed by atoms with van der Waals surface area (Å²) in [5, 5.41) is 0. The van der Waals surface area contributed by atoms with Crippen LogP contribution < -0.4 is 0 Å². The number of ether oxygens (including phenoxy) is 1. The molecule has 2 bridgehead atoms. The summed E-state index contributed by atoms with van der Waals surface area (Å²) in [7, 11) is 0. The molecule has 190 valence electrons. The van der Waals surface area contributed by atoms with Gasteiger partial charge in [0.2, 0.25) is 11.8 Å². The summed E-state index contributed by atoms with van der Waals surface area (Å²) in [4.78, 5) is 40.6. The number of imide groups is 1. The van der Waals surface area contributed by atoms with Crippen LogP contribution in [-0.4, -0.2) is 35.8 Å². The zero-order valence-electron chi connectivity index (χ0n) is 21.3. The Kier molecular flexibility index (Phi) is 7.54. The van der Waals surface area contributed by atoms with Gasteiger partial charge < -0.3 is 4.74 Å². The Morgan fingerprint density at radius 1 is 0.722 bits per heavy atom. The second-order valence-corrected chi connectivity index (χ2v) is 10.5. The Labute approximate surface area is 214 Å². The van der Waals surface area contributed by atoms with E-state index in [0.29, 0.717) is 19.6 Å². The number of carbonyl (C=O) groups excluding carboxylic acids is 3. The van der Waals surface area contributed by atoms with Gasteiger partial charge in [-0.3, -0.25) is 19.3 Å². The second kappa shape index (κ2) is 11.0. The highest BCUT2D eigenvalue weighted by Crippen LogP contribution is 2.60. The molecule has 2 aromatic carbocycles. The fourth-order valence-electron chi connectivity index (χ4n) is 6.64. The molecule has 0 aromatic heterocycles. The van der Waals surface area contributed by atoms with Gasteiger partial charge in [0.25, 0.3) is 0 Å². The number of amides is 2. The molecule has 6 rings (SSSR count). The van der Waals surface area contributed by atoms with Crippen molar-refractivity contribution in [2.75, 3.05) is 13.2 Å². The molecule has 3 aliphatic carbocycles. The molecule has 2 atom stereocenters. The number of hydrogen-bond acceptors (Lipinski definition) is 4. The third kappa shape index (κ3) is 4.49. The summed E-state index contributed by atoms with van der Waals surface area (Å²) >= 11 is 0. The molecule has 1 fully saturated rings. The van der Waals surface area contributed by atoms with Gasteiger partial charge in [-0.15, -0.1) is 0 Å². The zero-order chi connectivity index (χ0) is 25.1. The van der Waals surface area contributed by atoms with Crippen molar-refractivity contribution < 1.29 is 19.1 Å². The lowest BCUT2D eigenvalue weighted by Crippen LogP contribution is -2.41. The lowest BCUT2D eigenvalue weighted by atomic mass is 9.55. The zero-order valence-corrected chi connectivity index (χ0v) is 21.3. The van der Waals surface area contributed by atoms with Crippen LogP contribution in [0, 0.1) is 11.8 Å². The van der Waals surface area contributed by atoms with E-state index >= 15 is 0 Å². The molecule has 0 spiro atoms. The van der Waals surface area contributed by atoms with E-state index in [4.69, 9.17) is 4.74 Å². The minimum absolute atomic E-state index is 0.0218. The molecule has 5 nitrogen and oxygen atoms in total. The van der Waals surface area contributed by atoms with E-state index in [1.54, 1.807) is 0 Å². The van der Waals surface area contributed by atoms with E-state index in [1.165, 1.54) is 46.4 Å². The normalized spacial score (nSPS) is 23.4. The van der Waals surface area contributed by atoms with Crippen molar-refractivity contribution in [3.8, 4) is 0 Å². The van der Waals surface area contributed by atoms with E-state index in [9.17, 15) is 14.4 Å². The van der Waals surface area contributed by atoms with Crippen LogP contribution in [0.3, 0.4) is 0 Å². The van der Waals surface area contributed by atoms with Crippen LogP contribution in [0.15, 0.2) is 48.5 Å². The lowest BCUT2D eigenvalue weighted by Gasteiger charge is -2.45. The summed E-state index contributed by atoms with van der Waals surface area (Å²) in [6, 6.07) is 16.7. The van der Waals surface area contributed by atoms with Gasteiger partial charge in [0.05, 0.1) is 18.4 Å². The van der Waals surface area contributed by atoms with Crippen molar-refractivity contribution in [2.45, 2.75) is 76.5 Å². The van der Waals surface area contributed by atoms with Gasteiger partial charge in [-0.05, 0) is 41.5 Å². The predicted octanol–water partition coefficient (Wildman–Crippen LogP) is 5.95. The maximum absolute atomic E-state index is 13.6. The maximum atomic E-state index is 13.6. The molecule has 2 amide bonds. The smallest absolute Gasteiger partial charge is 0.305 e. The Bertz CT molecular complexity index is 1010. The van der Waals surface area contributed by atoms with Gasteiger partial charge in [0.1, 0.15) is 0 Å². The van der Waals surface area contributed by atoms with Gasteiger partial charge in [0.15, 0.2) is 0 Å². The molecule has 4 aliphatic rings. The van der Waals surface area contributed by atoms with Crippen LogP contribution in [-0.2, 0) is 19.1 Å². The van der Waals surface area contributed by atoms with Crippen LogP contribution >= 0.6 is 0 Å². The van der Waals surface area contributed by atoms with Crippen LogP contribution in [0.4, 0.5) is 0 Å². The lowest BCUT2D eigenvalue weighted by molar-refractivity contribution is -0.144. The highest BCUT2D eigenvalue weighted by molar-refractivity contribution is 6.07. The average molecular weight is 488 g/mol. The third-order valence-electron chi connectivity index (χ3n) is 8.31. The molecular formula is C31H37NO4. The Hall–Kier alpha value is -2.95. The van der Waals surface area contributed by atoms with Crippen LogP contribution in [0.2, 0.25) is 0 Å². The van der Waals surface area contributed by atoms with Crippen LogP contribution in [0.1, 0.15) is 98.8 Å². The Balaban J connectivity index is 1.15. The van der Waals surface area contributed by atoms with Crippen molar-refractivity contribution in [1.29, 1.82) is 0 Å². The largest absolute Gasteiger partial charge is 0.466 e. The molecular weight excluding hydrogens is 450 g/mol. The summed E-state index contributed by atoms with van der Waals surface area (Å²) in [5.41, 5.74) is 4.81. The number of nitrogens with zero attached hydrogens (tertiary/aromatic N) is 1. The quantitative estimate of drug-likeness (QED) is 0.211. The highest BCUT2D eigenvalue weighted by Gasteiger charge is 2.61. The standard InChI is InChI=1S/C31H37NO4/c1-2-3-4-5-13-20-36-25(33)18-7-6-12-19-32-30(34)28-26-21-14-8-9-15-22(21)27(29(28)31(32)35)24-17-11-10-16-23(24)26/h8-11,14-17,26-29H,2-7,12-13,18-20H2,1H3/t26?,27?,28-,29-/m0/s1. The van der Waals surface area contributed by atoms with Crippen molar-refractivity contribution in [3.63, 3.8) is 0 Å². The van der Waals surface area contributed by atoms with Crippen molar-refractivity contribution >= 4 is 17.8 Å². The number of carbonyl (C=O) groups is 3. The van der Waals surface area contributed by atoms with Crippen molar-refractivity contribution in [3.05, 3.63) is 70.8 Å². The number of unbranched alkanes of at least 4 members (excludes halogenated alkanes) is 6. The number of benzene rings is 2. The SMILES string of the molecule is CCCCCCCOC(=O)CCCCCN1C(=O)[C@H]2C3c4ccccc4C(c4ccccc43)[C@@H]2C1=O. The van der Waals surface area contributed by atoms with E-state index in [2.05, 4.69) is 31.2 Å². The monoisotopic (exact) mass is 487 g/mol. The summed E-state index contributed by atoms with van der Waals surface area (Å²) in [6.45, 7) is 3.13. The second-order valence-electron chi connectivity index (χ2n) is 10.5. The van der Waals surface area contributed by atoms with Gasteiger partial charge in [-0.25, -0.2) is 0 Å². The fourth-order valence-corrected chi connectivity index (χ4v) is 6.64. The van der Waals surface area contributed by atoms with Crippen LogP contribution in [0.5, 0.6) is 0 Å². The first-order chi connectivity index (χ1) is 17.6. The summed E-state index contributed by atoms with van der Waals surface area (Å²) in [5.74, 6) is -0.898. The molecule has 5 heteroatoms. The molecule has 1 saturated heterocycles. The summed E-state index contributed by atoms with van der Waals surface area (Å²) in [6.07, 6.45) is 8.32. The predicted molar refractivity (Wildman–Crippen MR) is 138 cm³/mol. The van der Waals surface area contributed by atoms with Gasteiger partial charge >= 0.3 is 5.97 Å². The first kappa shape index (κ1) is 24.7. The summed E-state index contributed by atoms with van der Waals surface area (Å²) < 4.78 is 5.33. The van der Waals surface area contributed by atoms with Crippen molar-refractivity contribution in [1.82, 2.24) is 4.90 Å². The molecule has 0 saturated carbocycles. The topological polar surface area (TPSA) is 63.7 Å². The molecule has 1 heterocycles. The van der Waals surface area contributed by atoms with E-state index in [0.717, 1.165) is 32.1 Å². The Morgan fingerprint density at radius 3 is 1.75 bits per heavy atom. The van der Waals surface area contributed by atoms with Gasteiger partial charge in [0, 0.05) is 24.8 Å². The number of esters is 1. The van der Waals surface area contributed by atoms with Gasteiger partial charge in [-0.2, -0.15) is 0 Å². The first-order valence-corrected chi connectivity index (χ1v) is 13.8. The number of likely N-dealkylation sites (tertiary alicyclic amines) is 1. The molecule has 2 aromatic rings. The van der Waals surface area contributed by atoms with Crippen LogP contribution in [0.25, 0.3) is 0 Å². The molecule has 0 radical (unpaired) electrons. The third-order valence-corrected chi connectivity index (χ3v) is 8.31. The number of hydrogen-bond donors (Lipinski definition) is 0. The average Bonchev–Trinajstić information content (AvgIpc) is 3.16. The highest BCUT2D eigenvalue weighted by atomic mass is 16.5. The van der Waals surface area contributed by atoms with E-state index in [1.807, 2.05) is 24.3 Å². The minimum Gasteiger partial charge on any atom is -0.466 e. The Morgan fingerprint density at radius 2 is 1.22 bits per heavy atom. The van der Waals surface area contributed by atoms with E-state index in [-0.39, 0.29) is 41.5 Å². The molecule has 1 aliphatic heterocycles. The minimum atomic E-state index is -0.306. The fraction of sp³-hybridized carbons (Fsp3) is 0.516. The molecule has 0 N–H and O–H groups in total. The molecule has 0 unspecified atom stereocenters. The maximum Gasteiger partial charge on any atom is 0.305 e.